The van der Waals surface area contributed by atoms with Crippen LogP contribution < -0.4 is 10.5 Å². The van der Waals surface area contributed by atoms with Crippen molar-refractivity contribution in [1.29, 1.82) is 0 Å². The molecule has 0 saturated carbocycles. The lowest BCUT2D eigenvalue weighted by Gasteiger charge is -2.19. The second kappa shape index (κ2) is 7.81. The quantitative estimate of drug-likeness (QED) is 0.760. The van der Waals surface area contributed by atoms with Crippen LogP contribution in [0, 0.1) is 0 Å². The molecule has 0 aliphatic rings. The third-order valence-corrected chi connectivity index (χ3v) is 3.46. The van der Waals surface area contributed by atoms with Gasteiger partial charge in [0.05, 0.1) is 12.8 Å². The van der Waals surface area contributed by atoms with Crippen molar-refractivity contribution < 1.29 is 9.15 Å². The first kappa shape index (κ1) is 15.5. The van der Waals surface area contributed by atoms with Crippen LogP contribution in [0.3, 0.4) is 0 Å². The fraction of sp³-hybridized carbons (Fsp3) is 0.312. The maximum atomic E-state index is 5.74. The van der Waals surface area contributed by atoms with E-state index in [0.717, 1.165) is 36.7 Å². The van der Waals surface area contributed by atoms with E-state index in [-0.39, 0.29) is 0 Å². The summed E-state index contributed by atoms with van der Waals surface area (Å²) in [6.45, 7) is 5.34. The zero-order chi connectivity index (χ0) is 15.1. The number of nitrogens with two attached hydrogens (primary N) is 1. The summed E-state index contributed by atoms with van der Waals surface area (Å²) in [5.74, 6) is 1.79. The van der Waals surface area contributed by atoms with Crippen LogP contribution in [0.25, 0.3) is 0 Å². The lowest BCUT2D eigenvalue weighted by atomic mass is 10.2. The SMILES string of the molecule is CCN(CCOc1ccc(C(N)=S)cc1)Cc1ccco1. The summed E-state index contributed by atoms with van der Waals surface area (Å²) in [6.07, 6.45) is 1.70. The second-order valence-electron chi connectivity index (χ2n) is 4.69. The Morgan fingerprint density at radius 1 is 1.29 bits per heavy atom. The molecule has 2 aromatic rings. The standard InChI is InChI=1S/C16H20N2O2S/c1-2-18(12-15-4-3-10-19-15)9-11-20-14-7-5-13(6-8-14)16(17)21/h3-8,10H,2,9,11-12H2,1H3,(H2,17,21). The van der Waals surface area contributed by atoms with Gasteiger partial charge in [-0.15, -0.1) is 0 Å². The average Bonchev–Trinajstić information content (AvgIpc) is 2.99. The Bertz CT molecular complexity index is 552. The largest absolute Gasteiger partial charge is 0.492 e. The number of thiocarbonyl (C=S) groups is 1. The van der Waals surface area contributed by atoms with Crippen molar-refractivity contribution in [1.82, 2.24) is 4.90 Å². The Morgan fingerprint density at radius 3 is 2.62 bits per heavy atom. The van der Waals surface area contributed by atoms with Gasteiger partial charge in [0.2, 0.25) is 0 Å². The van der Waals surface area contributed by atoms with Gasteiger partial charge in [0.1, 0.15) is 23.1 Å². The van der Waals surface area contributed by atoms with E-state index >= 15 is 0 Å². The highest BCUT2D eigenvalue weighted by atomic mass is 32.1. The first-order valence-electron chi connectivity index (χ1n) is 6.96. The van der Waals surface area contributed by atoms with E-state index in [0.29, 0.717) is 11.6 Å². The van der Waals surface area contributed by atoms with Crippen molar-refractivity contribution in [2.24, 2.45) is 5.73 Å². The van der Waals surface area contributed by atoms with Gasteiger partial charge >= 0.3 is 0 Å². The zero-order valence-electron chi connectivity index (χ0n) is 12.1. The van der Waals surface area contributed by atoms with Crippen LogP contribution in [-0.2, 0) is 6.54 Å². The van der Waals surface area contributed by atoms with Crippen LogP contribution in [0.4, 0.5) is 0 Å². The Balaban J connectivity index is 1.78. The van der Waals surface area contributed by atoms with Gasteiger partial charge in [-0.3, -0.25) is 4.90 Å². The number of likely N-dealkylation sites (N-methyl/N-ethyl adjacent to an activating group) is 1. The fourth-order valence-electron chi connectivity index (χ4n) is 1.98. The van der Waals surface area contributed by atoms with Gasteiger partial charge < -0.3 is 14.9 Å². The molecule has 0 saturated heterocycles. The predicted molar refractivity (Wildman–Crippen MR) is 87.5 cm³/mol. The molecule has 0 aliphatic heterocycles. The normalized spacial score (nSPS) is 10.8. The molecule has 0 aliphatic carbocycles. The molecule has 0 bridgehead atoms. The number of ether oxygens (including phenoxy) is 1. The summed E-state index contributed by atoms with van der Waals surface area (Å²) in [5.41, 5.74) is 6.41. The summed E-state index contributed by atoms with van der Waals surface area (Å²) in [4.78, 5) is 2.67. The predicted octanol–water partition coefficient (Wildman–Crippen LogP) is 2.81. The van der Waals surface area contributed by atoms with Crippen LogP contribution in [-0.4, -0.2) is 29.6 Å². The topological polar surface area (TPSA) is 51.6 Å². The first-order chi connectivity index (χ1) is 10.2. The van der Waals surface area contributed by atoms with E-state index < -0.39 is 0 Å². The maximum Gasteiger partial charge on any atom is 0.119 e. The maximum absolute atomic E-state index is 5.74. The summed E-state index contributed by atoms with van der Waals surface area (Å²) in [7, 11) is 0. The molecule has 0 amide bonds. The van der Waals surface area contributed by atoms with E-state index in [4.69, 9.17) is 27.1 Å². The molecule has 0 fully saturated rings. The molecule has 0 spiro atoms. The van der Waals surface area contributed by atoms with E-state index in [1.165, 1.54) is 0 Å². The first-order valence-corrected chi connectivity index (χ1v) is 7.37. The Labute approximate surface area is 130 Å². The van der Waals surface area contributed by atoms with Crippen molar-refractivity contribution in [3.05, 3.63) is 54.0 Å². The lowest BCUT2D eigenvalue weighted by molar-refractivity contribution is 0.199. The van der Waals surface area contributed by atoms with Crippen LogP contribution in [0.2, 0.25) is 0 Å². The van der Waals surface area contributed by atoms with Crippen molar-refractivity contribution in [3.8, 4) is 5.75 Å². The number of benzene rings is 1. The lowest BCUT2D eigenvalue weighted by Crippen LogP contribution is -2.27. The smallest absolute Gasteiger partial charge is 0.119 e. The number of furan rings is 1. The molecule has 0 atom stereocenters. The van der Waals surface area contributed by atoms with Crippen molar-refractivity contribution in [3.63, 3.8) is 0 Å². The molecular weight excluding hydrogens is 284 g/mol. The van der Waals surface area contributed by atoms with Gasteiger partial charge in [-0.25, -0.2) is 0 Å². The highest BCUT2D eigenvalue weighted by molar-refractivity contribution is 7.80. The van der Waals surface area contributed by atoms with E-state index in [9.17, 15) is 0 Å². The monoisotopic (exact) mass is 304 g/mol. The number of nitrogens with zero attached hydrogens (tertiary/aromatic N) is 1. The van der Waals surface area contributed by atoms with Crippen LogP contribution in [0.5, 0.6) is 5.75 Å². The molecule has 2 rings (SSSR count). The summed E-state index contributed by atoms with van der Waals surface area (Å²) in [6, 6.07) is 11.4. The van der Waals surface area contributed by atoms with Gasteiger partial charge in [0.15, 0.2) is 0 Å². The van der Waals surface area contributed by atoms with E-state index in [2.05, 4.69) is 11.8 Å². The highest BCUT2D eigenvalue weighted by Crippen LogP contribution is 2.12. The number of hydrogen-bond acceptors (Lipinski definition) is 4. The van der Waals surface area contributed by atoms with Gasteiger partial charge in [-0.1, -0.05) is 19.1 Å². The molecule has 21 heavy (non-hydrogen) atoms. The van der Waals surface area contributed by atoms with Crippen LogP contribution in [0.1, 0.15) is 18.2 Å². The Kier molecular flexibility index (Phi) is 5.78. The molecular formula is C16H20N2O2S. The summed E-state index contributed by atoms with van der Waals surface area (Å²) in [5, 5.41) is 0. The molecule has 0 unspecified atom stereocenters. The highest BCUT2D eigenvalue weighted by Gasteiger charge is 2.06. The molecule has 2 N–H and O–H groups in total. The molecule has 1 heterocycles. The van der Waals surface area contributed by atoms with E-state index in [1.54, 1.807) is 6.26 Å². The van der Waals surface area contributed by atoms with Gasteiger partial charge in [-0.2, -0.15) is 0 Å². The molecule has 1 aromatic heterocycles. The number of hydrogen-bond donors (Lipinski definition) is 1. The summed E-state index contributed by atoms with van der Waals surface area (Å²) >= 11 is 4.92. The molecule has 4 nitrogen and oxygen atoms in total. The average molecular weight is 304 g/mol. The Morgan fingerprint density at radius 2 is 2.05 bits per heavy atom. The van der Waals surface area contributed by atoms with Crippen LogP contribution >= 0.6 is 12.2 Å². The molecule has 1 aromatic carbocycles. The summed E-state index contributed by atoms with van der Waals surface area (Å²) < 4.78 is 11.1. The fourth-order valence-corrected chi connectivity index (χ4v) is 2.12. The van der Waals surface area contributed by atoms with Crippen molar-refractivity contribution >= 4 is 17.2 Å². The minimum Gasteiger partial charge on any atom is -0.492 e. The minimum absolute atomic E-state index is 0.400. The zero-order valence-corrected chi connectivity index (χ0v) is 12.9. The van der Waals surface area contributed by atoms with Crippen LogP contribution in [0.15, 0.2) is 47.1 Å². The van der Waals surface area contributed by atoms with Crippen molar-refractivity contribution in [2.75, 3.05) is 19.7 Å². The molecule has 0 radical (unpaired) electrons. The van der Waals surface area contributed by atoms with Crippen molar-refractivity contribution in [2.45, 2.75) is 13.5 Å². The van der Waals surface area contributed by atoms with E-state index in [1.807, 2.05) is 36.4 Å². The molecule has 112 valence electrons. The molecule has 5 heteroatoms. The second-order valence-corrected chi connectivity index (χ2v) is 5.13. The number of rotatable bonds is 8. The van der Waals surface area contributed by atoms with Gasteiger partial charge in [0.25, 0.3) is 0 Å². The third kappa shape index (κ3) is 4.88. The third-order valence-electron chi connectivity index (χ3n) is 3.22. The Hall–Kier alpha value is -1.85. The van der Waals surface area contributed by atoms with Gasteiger partial charge in [-0.05, 0) is 42.9 Å². The minimum atomic E-state index is 0.400. The van der Waals surface area contributed by atoms with Gasteiger partial charge in [0, 0.05) is 12.1 Å².